The first-order valence-electron chi connectivity index (χ1n) is 6.74. The predicted octanol–water partition coefficient (Wildman–Crippen LogP) is 2.15. The number of carboxylic acid groups (broad SMARTS) is 1. The molecule has 0 radical (unpaired) electrons. The van der Waals surface area contributed by atoms with E-state index in [-0.39, 0.29) is 17.9 Å². The molecule has 0 bridgehead atoms. The molecule has 1 fully saturated rings. The van der Waals surface area contributed by atoms with Crippen LogP contribution >= 0.6 is 0 Å². The van der Waals surface area contributed by atoms with E-state index in [0.717, 1.165) is 17.3 Å². The van der Waals surface area contributed by atoms with Crippen LogP contribution in [0.2, 0.25) is 0 Å². The third-order valence-corrected chi connectivity index (χ3v) is 3.93. The van der Waals surface area contributed by atoms with Gasteiger partial charge in [-0.05, 0) is 43.5 Å². The Kier molecular flexibility index (Phi) is 3.18. The molecular formula is C15H16N2O3. The summed E-state index contributed by atoms with van der Waals surface area (Å²) in [5, 5.41) is 12.9. The molecule has 0 saturated heterocycles. The Bertz CT molecular complexity index is 662. The molecule has 3 N–H and O–H groups in total. The van der Waals surface area contributed by atoms with Crippen LogP contribution in [0.5, 0.6) is 0 Å². The van der Waals surface area contributed by atoms with Crippen LogP contribution < -0.4 is 5.32 Å². The number of aliphatic carboxylic acids is 1. The molecule has 2 atom stereocenters. The predicted molar refractivity (Wildman–Crippen MR) is 74.5 cm³/mol. The van der Waals surface area contributed by atoms with Crippen LogP contribution in [0.15, 0.2) is 30.5 Å². The lowest BCUT2D eigenvalue weighted by molar-refractivity contribution is -0.141. The molecule has 0 aliphatic heterocycles. The van der Waals surface area contributed by atoms with Crippen molar-refractivity contribution < 1.29 is 14.7 Å². The summed E-state index contributed by atoms with van der Waals surface area (Å²) >= 11 is 0. The van der Waals surface area contributed by atoms with Crippen molar-refractivity contribution in [3.8, 4) is 0 Å². The normalized spacial score (nSPS) is 22.0. The smallest absolute Gasteiger partial charge is 0.306 e. The van der Waals surface area contributed by atoms with E-state index in [2.05, 4.69) is 10.3 Å². The number of amides is 1. The summed E-state index contributed by atoms with van der Waals surface area (Å²) < 4.78 is 0. The Balaban J connectivity index is 1.68. The van der Waals surface area contributed by atoms with Gasteiger partial charge in [0.05, 0.1) is 5.92 Å². The summed E-state index contributed by atoms with van der Waals surface area (Å²) in [5.41, 5.74) is 1.60. The number of carbonyl (C=O) groups excluding carboxylic acids is 1. The molecule has 104 valence electrons. The fraction of sp³-hybridized carbons (Fsp3) is 0.333. The quantitative estimate of drug-likeness (QED) is 0.800. The number of hydrogen-bond acceptors (Lipinski definition) is 2. The maximum Gasteiger partial charge on any atom is 0.306 e. The minimum absolute atomic E-state index is 0.0366. The zero-order valence-corrected chi connectivity index (χ0v) is 10.9. The highest BCUT2D eigenvalue weighted by Crippen LogP contribution is 2.26. The maximum atomic E-state index is 12.2. The van der Waals surface area contributed by atoms with E-state index in [1.54, 1.807) is 6.07 Å². The molecule has 1 saturated carbocycles. The third kappa shape index (κ3) is 2.39. The number of aromatic nitrogens is 1. The van der Waals surface area contributed by atoms with Crippen LogP contribution in [-0.2, 0) is 4.79 Å². The summed E-state index contributed by atoms with van der Waals surface area (Å²) in [6.07, 6.45) is 3.72. The Morgan fingerprint density at radius 3 is 2.85 bits per heavy atom. The van der Waals surface area contributed by atoms with Crippen molar-refractivity contribution in [2.45, 2.75) is 25.3 Å². The Hall–Kier alpha value is -2.30. The molecule has 5 nitrogen and oxygen atoms in total. The molecule has 20 heavy (non-hydrogen) atoms. The van der Waals surface area contributed by atoms with Gasteiger partial charge in [0.2, 0.25) is 0 Å². The minimum atomic E-state index is -0.768. The molecule has 1 heterocycles. The molecule has 3 rings (SSSR count). The highest BCUT2D eigenvalue weighted by Gasteiger charge is 2.30. The van der Waals surface area contributed by atoms with Crippen molar-refractivity contribution in [1.82, 2.24) is 10.3 Å². The molecule has 2 aromatic rings. The fourth-order valence-electron chi connectivity index (χ4n) is 2.80. The number of benzene rings is 1. The van der Waals surface area contributed by atoms with Gasteiger partial charge in [0.15, 0.2) is 0 Å². The van der Waals surface area contributed by atoms with Crippen molar-refractivity contribution in [2.24, 2.45) is 5.92 Å². The lowest BCUT2D eigenvalue weighted by Gasteiger charge is -2.12. The first-order chi connectivity index (χ1) is 9.63. The van der Waals surface area contributed by atoms with E-state index in [4.69, 9.17) is 5.11 Å². The van der Waals surface area contributed by atoms with Gasteiger partial charge in [-0.1, -0.05) is 0 Å². The molecule has 0 spiro atoms. The Morgan fingerprint density at radius 1 is 1.25 bits per heavy atom. The summed E-state index contributed by atoms with van der Waals surface area (Å²) in [7, 11) is 0. The molecule has 1 aliphatic carbocycles. The third-order valence-electron chi connectivity index (χ3n) is 3.93. The number of fused-ring (bicyclic) bond motifs is 1. The summed E-state index contributed by atoms with van der Waals surface area (Å²) in [6.45, 7) is 0. The SMILES string of the molecule is O=C(N[C@H]1CC[C@H](C(=O)O)C1)c1ccc2[nH]ccc2c1. The van der Waals surface area contributed by atoms with Crippen molar-refractivity contribution in [2.75, 3.05) is 0 Å². The number of hydrogen-bond donors (Lipinski definition) is 3. The maximum absolute atomic E-state index is 12.2. The standard InChI is InChI=1S/C15H16N2O3/c18-14(17-12-3-1-11(8-12)15(19)20)10-2-4-13-9(7-10)5-6-16-13/h2,4-7,11-12,16H,1,3,8H2,(H,17,18)(H,19,20)/t11-,12-/m0/s1. The van der Waals surface area contributed by atoms with E-state index in [1.807, 2.05) is 24.4 Å². The van der Waals surface area contributed by atoms with Crippen molar-refractivity contribution in [3.05, 3.63) is 36.0 Å². The number of nitrogens with one attached hydrogen (secondary N) is 2. The molecule has 1 aromatic carbocycles. The first-order valence-corrected chi connectivity index (χ1v) is 6.74. The van der Waals surface area contributed by atoms with E-state index in [9.17, 15) is 9.59 Å². The van der Waals surface area contributed by atoms with Gasteiger partial charge in [0, 0.05) is 28.7 Å². The van der Waals surface area contributed by atoms with Crippen LogP contribution in [0.25, 0.3) is 10.9 Å². The van der Waals surface area contributed by atoms with Crippen LogP contribution in [0.4, 0.5) is 0 Å². The zero-order valence-electron chi connectivity index (χ0n) is 10.9. The second-order valence-electron chi connectivity index (χ2n) is 5.30. The highest BCUT2D eigenvalue weighted by atomic mass is 16.4. The zero-order chi connectivity index (χ0) is 14.1. The van der Waals surface area contributed by atoms with E-state index in [1.165, 1.54) is 0 Å². The average molecular weight is 272 g/mol. The largest absolute Gasteiger partial charge is 0.481 e. The summed E-state index contributed by atoms with van der Waals surface area (Å²) in [5.74, 6) is -1.23. The molecule has 5 heteroatoms. The van der Waals surface area contributed by atoms with Crippen LogP contribution in [0.1, 0.15) is 29.6 Å². The molecule has 1 aromatic heterocycles. The topological polar surface area (TPSA) is 82.2 Å². The van der Waals surface area contributed by atoms with Gasteiger partial charge in [0.25, 0.3) is 5.91 Å². The van der Waals surface area contributed by atoms with Crippen molar-refractivity contribution in [1.29, 1.82) is 0 Å². The van der Waals surface area contributed by atoms with E-state index in [0.29, 0.717) is 18.4 Å². The lowest BCUT2D eigenvalue weighted by Crippen LogP contribution is -2.33. The van der Waals surface area contributed by atoms with Crippen LogP contribution in [0.3, 0.4) is 0 Å². The van der Waals surface area contributed by atoms with Gasteiger partial charge in [0.1, 0.15) is 0 Å². The minimum Gasteiger partial charge on any atom is -0.481 e. The monoisotopic (exact) mass is 272 g/mol. The molecule has 1 amide bonds. The average Bonchev–Trinajstić information content (AvgIpc) is 3.05. The number of aromatic amines is 1. The summed E-state index contributed by atoms with van der Waals surface area (Å²) in [4.78, 5) is 26.2. The lowest BCUT2D eigenvalue weighted by atomic mass is 10.1. The molecule has 0 unspecified atom stereocenters. The number of H-pyrrole nitrogens is 1. The van der Waals surface area contributed by atoms with Gasteiger partial charge in [-0.15, -0.1) is 0 Å². The second-order valence-corrected chi connectivity index (χ2v) is 5.30. The Morgan fingerprint density at radius 2 is 2.10 bits per heavy atom. The van der Waals surface area contributed by atoms with Gasteiger partial charge >= 0.3 is 5.97 Å². The second kappa shape index (κ2) is 5.00. The van der Waals surface area contributed by atoms with Gasteiger partial charge < -0.3 is 15.4 Å². The molecule has 1 aliphatic rings. The Labute approximate surface area is 116 Å². The molecular weight excluding hydrogens is 256 g/mol. The number of carboxylic acids is 1. The van der Waals surface area contributed by atoms with Gasteiger partial charge in [-0.2, -0.15) is 0 Å². The summed E-state index contributed by atoms with van der Waals surface area (Å²) in [6, 6.07) is 7.37. The van der Waals surface area contributed by atoms with Gasteiger partial charge in [-0.3, -0.25) is 9.59 Å². The van der Waals surface area contributed by atoms with Crippen LogP contribution in [0, 0.1) is 5.92 Å². The highest BCUT2D eigenvalue weighted by molar-refractivity contribution is 5.98. The van der Waals surface area contributed by atoms with Gasteiger partial charge in [-0.25, -0.2) is 0 Å². The van der Waals surface area contributed by atoms with E-state index >= 15 is 0 Å². The first kappa shape index (κ1) is 12.7. The number of carbonyl (C=O) groups is 2. The fourth-order valence-corrected chi connectivity index (χ4v) is 2.80. The van der Waals surface area contributed by atoms with E-state index < -0.39 is 5.97 Å². The van der Waals surface area contributed by atoms with Crippen LogP contribution in [-0.4, -0.2) is 28.0 Å². The van der Waals surface area contributed by atoms with Crippen molar-refractivity contribution in [3.63, 3.8) is 0 Å². The number of rotatable bonds is 3. The van der Waals surface area contributed by atoms with Crippen molar-refractivity contribution >= 4 is 22.8 Å².